The lowest BCUT2D eigenvalue weighted by atomic mass is 10.2. The molecule has 0 spiro atoms. The average molecular weight is 238 g/mol. The first kappa shape index (κ1) is 12.1. The molecule has 1 fully saturated rings. The Morgan fingerprint density at radius 1 is 1.71 bits per heavy atom. The highest BCUT2D eigenvalue weighted by atomic mass is 16.5. The molecule has 1 aromatic rings. The molecule has 1 aromatic heterocycles. The molecule has 0 bridgehead atoms. The highest BCUT2D eigenvalue weighted by Crippen LogP contribution is 2.18. The third-order valence-electron chi connectivity index (χ3n) is 2.88. The van der Waals surface area contributed by atoms with E-state index in [0.29, 0.717) is 13.1 Å². The summed E-state index contributed by atoms with van der Waals surface area (Å²) in [4.78, 5) is 11.8. The molecule has 0 aliphatic carbocycles. The van der Waals surface area contributed by atoms with Crippen LogP contribution in [0.2, 0.25) is 0 Å². The molecule has 2 atom stereocenters. The van der Waals surface area contributed by atoms with Crippen molar-refractivity contribution in [3.05, 3.63) is 18.0 Å². The minimum absolute atomic E-state index is 0.0283. The summed E-state index contributed by atoms with van der Waals surface area (Å²) in [5.41, 5.74) is 6.34. The fourth-order valence-electron chi connectivity index (χ4n) is 1.92. The third-order valence-corrected chi connectivity index (χ3v) is 2.88. The molecule has 2 unspecified atom stereocenters. The molecule has 2 heterocycles. The average Bonchev–Trinajstić information content (AvgIpc) is 2.94. The number of nitrogens with one attached hydrogen (secondary N) is 1. The number of aromatic nitrogens is 2. The predicted molar refractivity (Wildman–Crippen MR) is 62.0 cm³/mol. The maximum Gasteiger partial charge on any atom is 0.249 e. The summed E-state index contributed by atoms with van der Waals surface area (Å²) < 4.78 is 7.21. The molecule has 2 rings (SSSR count). The summed E-state index contributed by atoms with van der Waals surface area (Å²) in [6.07, 6.45) is 3.12. The Hall–Kier alpha value is -1.40. The van der Waals surface area contributed by atoms with Crippen molar-refractivity contribution in [2.45, 2.75) is 31.6 Å². The van der Waals surface area contributed by atoms with Gasteiger partial charge < -0.3 is 15.8 Å². The van der Waals surface area contributed by atoms with Crippen molar-refractivity contribution >= 4 is 5.91 Å². The number of aryl methyl sites for hydroxylation is 1. The fraction of sp³-hybridized carbons (Fsp3) is 0.636. The second-order valence-corrected chi connectivity index (χ2v) is 4.26. The Morgan fingerprint density at radius 3 is 3.12 bits per heavy atom. The molecule has 17 heavy (non-hydrogen) atoms. The maximum absolute atomic E-state index is 11.8. The Morgan fingerprint density at radius 2 is 2.53 bits per heavy atom. The van der Waals surface area contributed by atoms with Crippen LogP contribution in [0.4, 0.5) is 0 Å². The molecular formula is C11H18N4O2. The maximum atomic E-state index is 11.8. The van der Waals surface area contributed by atoms with Crippen LogP contribution >= 0.6 is 0 Å². The van der Waals surface area contributed by atoms with Gasteiger partial charge in [-0.15, -0.1) is 0 Å². The zero-order valence-corrected chi connectivity index (χ0v) is 9.93. The molecule has 0 radical (unpaired) electrons. The zero-order valence-electron chi connectivity index (χ0n) is 9.93. The van der Waals surface area contributed by atoms with Gasteiger partial charge in [0.25, 0.3) is 0 Å². The third kappa shape index (κ3) is 3.04. The van der Waals surface area contributed by atoms with E-state index in [0.717, 1.165) is 18.5 Å². The summed E-state index contributed by atoms with van der Waals surface area (Å²) in [5, 5.41) is 7.00. The van der Waals surface area contributed by atoms with Crippen molar-refractivity contribution in [1.29, 1.82) is 0 Å². The molecule has 0 saturated carbocycles. The second-order valence-electron chi connectivity index (χ2n) is 4.26. The minimum Gasteiger partial charge on any atom is -0.364 e. The molecule has 1 saturated heterocycles. The van der Waals surface area contributed by atoms with Gasteiger partial charge in [0.15, 0.2) is 0 Å². The van der Waals surface area contributed by atoms with Crippen LogP contribution in [0.3, 0.4) is 0 Å². The number of carbonyl (C=O) groups excluding carboxylic acids is 1. The zero-order chi connectivity index (χ0) is 12.3. The van der Waals surface area contributed by atoms with E-state index >= 15 is 0 Å². The molecule has 94 valence electrons. The Bertz CT molecular complexity index is 391. The number of hydrogen-bond donors (Lipinski definition) is 2. The van der Waals surface area contributed by atoms with Gasteiger partial charge >= 0.3 is 0 Å². The largest absolute Gasteiger partial charge is 0.364 e. The van der Waals surface area contributed by atoms with Crippen LogP contribution in [0.25, 0.3) is 0 Å². The Kier molecular flexibility index (Phi) is 3.75. The summed E-state index contributed by atoms with van der Waals surface area (Å²) in [6, 6.07) is 1.87. The van der Waals surface area contributed by atoms with E-state index in [1.165, 1.54) is 0 Å². The van der Waals surface area contributed by atoms with Crippen molar-refractivity contribution in [3.63, 3.8) is 0 Å². The van der Waals surface area contributed by atoms with E-state index in [1.807, 2.05) is 19.3 Å². The predicted octanol–water partition coefficient (Wildman–Crippen LogP) is -0.457. The van der Waals surface area contributed by atoms with E-state index in [9.17, 15) is 4.79 Å². The fourth-order valence-corrected chi connectivity index (χ4v) is 1.92. The van der Waals surface area contributed by atoms with E-state index in [2.05, 4.69) is 10.4 Å². The Balaban J connectivity index is 1.78. The lowest BCUT2D eigenvalue weighted by Crippen LogP contribution is -2.35. The van der Waals surface area contributed by atoms with Crippen molar-refractivity contribution < 1.29 is 9.53 Å². The molecular weight excluding hydrogens is 220 g/mol. The highest BCUT2D eigenvalue weighted by Gasteiger charge is 2.29. The Labute approximate surface area is 100 Å². The quantitative estimate of drug-likeness (QED) is 0.744. The van der Waals surface area contributed by atoms with Crippen LogP contribution in [0.15, 0.2) is 12.3 Å². The van der Waals surface area contributed by atoms with Crippen LogP contribution in [-0.4, -0.2) is 34.4 Å². The molecule has 0 aromatic carbocycles. The van der Waals surface area contributed by atoms with Gasteiger partial charge in [-0.2, -0.15) is 5.10 Å². The van der Waals surface area contributed by atoms with Gasteiger partial charge in [0.05, 0.1) is 18.3 Å². The number of carbonyl (C=O) groups is 1. The molecule has 1 aliphatic rings. The number of ether oxygens (including phenoxy) is 1. The number of nitrogens with two attached hydrogens (primary N) is 1. The number of nitrogens with zero attached hydrogens (tertiary/aromatic N) is 2. The second kappa shape index (κ2) is 5.29. The van der Waals surface area contributed by atoms with E-state index in [-0.39, 0.29) is 18.1 Å². The number of amides is 1. The standard InChI is InChI=1S/C11H18N4O2/c1-15-5-4-8(14-15)7-13-11(16)10-3-2-9(6-12)17-10/h4-5,9-10H,2-3,6-7,12H2,1H3,(H,13,16). The molecule has 6 nitrogen and oxygen atoms in total. The highest BCUT2D eigenvalue weighted by molar-refractivity contribution is 5.80. The van der Waals surface area contributed by atoms with Gasteiger partial charge in [-0.05, 0) is 18.9 Å². The van der Waals surface area contributed by atoms with Gasteiger partial charge in [-0.1, -0.05) is 0 Å². The minimum atomic E-state index is -0.354. The van der Waals surface area contributed by atoms with Crippen LogP contribution in [-0.2, 0) is 23.1 Å². The van der Waals surface area contributed by atoms with Crippen LogP contribution in [0.1, 0.15) is 18.5 Å². The topological polar surface area (TPSA) is 82.2 Å². The van der Waals surface area contributed by atoms with Gasteiger partial charge in [0.1, 0.15) is 6.10 Å². The number of hydrogen-bond acceptors (Lipinski definition) is 4. The molecule has 1 amide bonds. The SMILES string of the molecule is Cn1ccc(CNC(=O)C2CCC(CN)O2)n1. The summed E-state index contributed by atoms with van der Waals surface area (Å²) >= 11 is 0. The first-order valence-electron chi connectivity index (χ1n) is 5.81. The smallest absolute Gasteiger partial charge is 0.249 e. The van der Waals surface area contributed by atoms with E-state index < -0.39 is 0 Å². The first-order chi connectivity index (χ1) is 8.19. The molecule has 1 aliphatic heterocycles. The monoisotopic (exact) mass is 238 g/mol. The van der Waals surface area contributed by atoms with E-state index in [1.54, 1.807) is 4.68 Å². The summed E-state index contributed by atoms with van der Waals surface area (Å²) in [7, 11) is 1.84. The lowest BCUT2D eigenvalue weighted by molar-refractivity contribution is -0.132. The van der Waals surface area contributed by atoms with Crippen molar-refractivity contribution in [2.75, 3.05) is 6.54 Å². The normalized spacial score (nSPS) is 23.9. The molecule has 3 N–H and O–H groups in total. The van der Waals surface area contributed by atoms with Gasteiger partial charge in [-0.25, -0.2) is 0 Å². The van der Waals surface area contributed by atoms with Crippen molar-refractivity contribution in [1.82, 2.24) is 15.1 Å². The summed E-state index contributed by atoms with van der Waals surface area (Å²) in [6.45, 7) is 0.914. The van der Waals surface area contributed by atoms with Crippen LogP contribution in [0, 0.1) is 0 Å². The lowest BCUT2D eigenvalue weighted by Gasteiger charge is -2.11. The van der Waals surface area contributed by atoms with Gasteiger partial charge in [-0.3, -0.25) is 9.48 Å². The van der Waals surface area contributed by atoms with Crippen molar-refractivity contribution in [3.8, 4) is 0 Å². The number of rotatable bonds is 4. The van der Waals surface area contributed by atoms with Crippen LogP contribution in [0.5, 0.6) is 0 Å². The van der Waals surface area contributed by atoms with Gasteiger partial charge in [0.2, 0.25) is 5.91 Å². The van der Waals surface area contributed by atoms with E-state index in [4.69, 9.17) is 10.5 Å². The molecule has 6 heteroatoms. The summed E-state index contributed by atoms with van der Waals surface area (Å²) in [5.74, 6) is -0.0772. The van der Waals surface area contributed by atoms with Crippen molar-refractivity contribution in [2.24, 2.45) is 12.8 Å². The first-order valence-corrected chi connectivity index (χ1v) is 5.81. The van der Waals surface area contributed by atoms with Gasteiger partial charge in [0, 0.05) is 19.8 Å². The van der Waals surface area contributed by atoms with Crippen LogP contribution < -0.4 is 11.1 Å².